The molecule has 0 spiro atoms. The lowest BCUT2D eigenvalue weighted by Gasteiger charge is -2.36. The van der Waals surface area contributed by atoms with Gasteiger partial charge in [-0.3, -0.25) is 9.59 Å². The summed E-state index contributed by atoms with van der Waals surface area (Å²) in [5.41, 5.74) is 1.44. The molecule has 2 aromatic rings. The molecule has 1 aliphatic heterocycles. The van der Waals surface area contributed by atoms with Crippen molar-refractivity contribution < 1.29 is 22.8 Å². The summed E-state index contributed by atoms with van der Waals surface area (Å²) in [4.78, 5) is 31.4. The Kier molecular flexibility index (Phi) is 7.18. The van der Waals surface area contributed by atoms with Crippen molar-refractivity contribution in [1.29, 1.82) is 0 Å². The maximum atomic E-state index is 14.1. The van der Waals surface area contributed by atoms with Crippen LogP contribution in [0.25, 0.3) is 0 Å². The first kappa shape index (κ1) is 27.2. The van der Waals surface area contributed by atoms with Crippen LogP contribution in [0.2, 0.25) is 0 Å². The third kappa shape index (κ3) is 5.26. The van der Waals surface area contributed by atoms with Crippen LogP contribution in [0.15, 0.2) is 36.4 Å². The van der Waals surface area contributed by atoms with E-state index < -0.39 is 29.0 Å². The second kappa shape index (κ2) is 9.78. The van der Waals surface area contributed by atoms with Gasteiger partial charge < -0.3 is 15.1 Å². The molecule has 1 aliphatic carbocycles. The van der Waals surface area contributed by atoms with Gasteiger partial charge in [-0.15, -0.1) is 0 Å². The molecule has 1 saturated heterocycles. The number of para-hydroxylation sites is 1. The predicted octanol–water partition coefficient (Wildman–Crippen LogP) is 6.15. The number of benzene rings is 2. The molecule has 4 rings (SSSR count). The Hall–Kier alpha value is -2.87. The highest BCUT2D eigenvalue weighted by atomic mass is 19.4. The number of hydrogen-bond donors (Lipinski definition) is 1. The van der Waals surface area contributed by atoms with Gasteiger partial charge in [-0.2, -0.15) is 13.2 Å². The zero-order chi connectivity index (χ0) is 27.3. The number of aryl methyl sites for hydroxylation is 2. The van der Waals surface area contributed by atoms with E-state index in [1.165, 1.54) is 6.07 Å². The van der Waals surface area contributed by atoms with Crippen LogP contribution < -0.4 is 10.2 Å². The second-order valence-corrected chi connectivity index (χ2v) is 11.1. The molecule has 0 unspecified atom stereocenters. The average Bonchev–Trinajstić information content (AvgIpc) is 3.63. The largest absolute Gasteiger partial charge is 0.416 e. The normalized spacial score (nSPS) is 22.3. The Morgan fingerprint density at radius 3 is 2.32 bits per heavy atom. The smallest absolute Gasteiger partial charge is 0.325 e. The lowest BCUT2D eigenvalue weighted by atomic mass is 9.77. The highest BCUT2D eigenvalue weighted by Gasteiger charge is 2.56. The van der Waals surface area contributed by atoms with Crippen LogP contribution >= 0.6 is 0 Å². The number of alkyl halides is 3. The van der Waals surface area contributed by atoms with E-state index in [1.54, 1.807) is 17.9 Å². The zero-order valence-electron chi connectivity index (χ0n) is 22.4. The quantitative estimate of drug-likeness (QED) is 0.481. The molecule has 2 amide bonds. The Bertz CT molecular complexity index is 1190. The monoisotopic (exact) mass is 515 g/mol. The van der Waals surface area contributed by atoms with Crippen molar-refractivity contribution in [3.63, 3.8) is 0 Å². The molecule has 2 aliphatic rings. The first-order valence-corrected chi connectivity index (χ1v) is 12.9. The van der Waals surface area contributed by atoms with Crippen LogP contribution in [0, 0.1) is 25.2 Å². The number of nitrogens with zero attached hydrogens (tertiary/aromatic N) is 2. The lowest BCUT2D eigenvalue weighted by molar-refractivity contribution is -0.137. The summed E-state index contributed by atoms with van der Waals surface area (Å²) in [5.74, 6) is -1.17. The first-order valence-electron chi connectivity index (χ1n) is 12.9. The molecule has 2 atom stereocenters. The molecule has 2 fully saturated rings. The van der Waals surface area contributed by atoms with Gasteiger partial charge in [0.25, 0.3) is 0 Å². The van der Waals surface area contributed by atoms with E-state index in [-0.39, 0.29) is 30.1 Å². The van der Waals surface area contributed by atoms with Gasteiger partial charge in [0.2, 0.25) is 11.8 Å². The molecule has 8 heteroatoms. The van der Waals surface area contributed by atoms with E-state index >= 15 is 0 Å². The number of hydrogen-bond acceptors (Lipinski definition) is 3. The van der Waals surface area contributed by atoms with Crippen molar-refractivity contribution >= 4 is 23.2 Å². The van der Waals surface area contributed by atoms with Crippen LogP contribution in [0.3, 0.4) is 0 Å². The fraction of sp³-hybridized carbons (Fsp3) is 0.517. The third-order valence-corrected chi connectivity index (χ3v) is 8.07. The van der Waals surface area contributed by atoms with E-state index in [1.807, 2.05) is 57.8 Å². The van der Waals surface area contributed by atoms with Crippen LogP contribution in [-0.2, 0) is 15.8 Å². The Morgan fingerprint density at radius 1 is 1.16 bits per heavy atom. The number of nitrogens with one attached hydrogen (secondary N) is 1. The Morgan fingerprint density at radius 2 is 1.78 bits per heavy atom. The average molecular weight is 516 g/mol. The van der Waals surface area contributed by atoms with Gasteiger partial charge in [0, 0.05) is 30.5 Å². The summed E-state index contributed by atoms with van der Waals surface area (Å²) >= 11 is 0. The SMILES string of the molecule is Cc1cccc(C)c1N1C[C@@](CN(C)C(C)C)(C(=O)Nc2cc(C3CC3)cc(C(F)(F)F)c2)[C@H](C)C1=O. The molecule has 0 bridgehead atoms. The van der Waals surface area contributed by atoms with E-state index in [9.17, 15) is 22.8 Å². The van der Waals surface area contributed by atoms with Crippen molar-refractivity contribution in [2.24, 2.45) is 11.3 Å². The van der Waals surface area contributed by atoms with Gasteiger partial charge in [0.15, 0.2) is 0 Å². The van der Waals surface area contributed by atoms with Crippen molar-refractivity contribution in [3.8, 4) is 0 Å². The predicted molar refractivity (Wildman–Crippen MR) is 140 cm³/mol. The van der Waals surface area contributed by atoms with Crippen LogP contribution in [0.4, 0.5) is 24.5 Å². The highest BCUT2D eigenvalue weighted by molar-refractivity contribution is 6.08. The Labute approximate surface area is 217 Å². The lowest BCUT2D eigenvalue weighted by Crippen LogP contribution is -2.51. The van der Waals surface area contributed by atoms with Crippen molar-refractivity contribution in [2.75, 3.05) is 30.4 Å². The highest BCUT2D eigenvalue weighted by Crippen LogP contribution is 2.45. The van der Waals surface area contributed by atoms with Crippen LogP contribution in [0.1, 0.15) is 61.8 Å². The van der Waals surface area contributed by atoms with Gasteiger partial charge >= 0.3 is 6.18 Å². The molecule has 2 aromatic carbocycles. The number of rotatable bonds is 7. The van der Waals surface area contributed by atoms with Gasteiger partial charge in [-0.1, -0.05) is 25.1 Å². The van der Waals surface area contributed by atoms with Gasteiger partial charge in [0.05, 0.1) is 16.9 Å². The van der Waals surface area contributed by atoms with Gasteiger partial charge in [-0.25, -0.2) is 0 Å². The molecule has 200 valence electrons. The van der Waals surface area contributed by atoms with Crippen molar-refractivity contribution in [3.05, 3.63) is 58.7 Å². The van der Waals surface area contributed by atoms with Crippen molar-refractivity contribution in [1.82, 2.24) is 4.90 Å². The summed E-state index contributed by atoms with van der Waals surface area (Å²) < 4.78 is 41.0. The van der Waals surface area contributed by atoms with E-state index in [0.717, 1.165) is 35.7 Å². The summed E-state index contributed by atoms with van der Waals surface area (Å²) in [5, 5.41) is 2.81. The summed E-state index contributed by atoms with van der Waals surface area (Å²) in [6.45, 7) is 10.1. The van der Waals surface area contributed by atoms with Gasteiger partial charge in [0.1, 0.15) is 0 Å². The molecule has 0 aromatic heterocycles. The van der Waals surface area contributed by atoms with E-state index in [0.29, 0.717) is 12.1 Å². The maximum Gasteiger partial charge on any atom is 0.416 e. The number of anilines is 2. The molecular weight excluding hydrogens is 479 g/mol. The number of carbonyl (C=O) groups is 2. The van der Waals surface area contributed by atoms with E-state index in [2.05, 4.69) is 5.32 Å². The molecule has 0 radical (unpaired) electrons. The minimum atomic E-state index is -4.52. The first-order chi connectivity index (χ1) is 17.2. The zero-order valence-corrected chi connectivity index (χ0v) is 22.4. The minimum absolute atomic E-state index is 0.0884. The van der Waals surface area contributed by atoms with Crippen molar-refractivity contribution in [2.45, 2.75) is 65.6 Å². The molecule has 1 N–H and O–H groups in total. The summed E-state index contributed by atoms with van der Waals surface area (Å²) in [6.07, 6.45) is -2.84. The third-order valence-electron chi connectivity index (χ3n) is 8.07. The molecule has 1 saturated carbocycles. The second-order valence-electron chi connectivity index (χ2n) is 11.1. The fourth-order valence-electron chi connectivity index (χ4n) is 5.34. The topological polar surface area (TPSA) is 52.6 Å². The maximum absolute atomic E-state index is 14.1. The number of amides is 2. The standard InChI is InChI=1S/C29H36F3N3O2/c1-17(2)34(6)15-28(16-35(26(36)20(28)5)25-18(3)8-7-9-19(25)4)27(37)33-24-13-22(21-10-11-21)12-23(14-24)29(30,31)32/h7-9,12-14,17,20-21H,10-11,15-16H2,1-6H3,(H,33,37)/t20-,28-/m1/s1. The van der Waals surface area contributed by atoms with Crippen LogP contribution in [-0.4, -0.2) is 42.9 Å². The summed E-state index contributed by atoms with van der Waals surface area (Å²) in [6, 6.07) is 9.72. The molecule has 37 heavy (non-hydrogen) atoms. The van der Waals surface area contributed by atoms with E-state index in [4.69, 9.17) is 0 Å². The number of carbonyl (C=O) groups excluding carboxylic acids is 2. The number of halogens is 3. The molecule has 5 nitrogen and oxygen atoms in total. The Balaban J connectivity index is 1.74. The van der Waals surface area contributed by atoms with Crippen LogP contribution in [0.5, 0.6) is 0 Å². The summed E-state index contributed by atoms with van der Waals surface area (Å²) in [7, 11) is 1.90. The fourth-order valence-corrected chi connectivity index (χ4v) is 5.34. The van der Waals surface area contributed by atoms with Gasteiger partial charge in [-0.05, 0) is 88.4 Å². The molecule has 1 heterocycles. The minimum Gasteiger partial charge on any atom is -0.325 e. The molecular formula is C29H36F3N3O2.